The Morgan fingerprint density at radius 1 is 0.977 bits per heavy atom. The van der Waals surface area contributed by atoms with Crippen molar-refractivity contribution in [3.8, 4) is 0 Å². The topological polar surface area (TPSA) is 150 Å². The van der Waals surface area contributed by atoms with Crippen LogP contribution in [0.15, 0.2) is 58.7 Å². The van der Waals surface area contributed by atoms with Gasteiger partial charge in [0.25, 0.3) is 5.91 Å². The van der Waals surface area contributed by atoms with Crippen LogP contribution in [0.25, 0.3) is 0 Å². The van der Waals surface area contributed by atoms with Crippen molar-refractivity contribution in [3.05, 3.63) is 80.5 Å². The molecule has 0 fully saturated rings. The average Bonchev–Trinajstić information content (AvgIpc) is 2.99. The fourth-order valence-electron chi connectivity index (χ4n) is 4.61. The normalized spacial score (nSPS) is 16.3. The van der Waals surface area contributed by atoms with Crippen LogP contribution in [0.4, 0.5) is 0 Å². The van der Waals surface area contributed by atoms with Crippen LogP contribution in [0.3, 0.4) is 0 Å². The molecule has 1 heterocycles. The zero-order valence-corrected chi connectivity index (χ0v) is 25.4. The Balaban J connectivity index is 1.67. The van der Waals surface area contributed by atoms with E-state index in [4.69, 9.17) is 42.1 Å². The Kier molecular flexibility index (Phi) is 12.7. The number of hydrogen-bond donors (Lipinski definition) is 2. The molecule has 0 aliphatic carbocycles. The maximum atomic E-state index is 13.2. The first-order chi connectivity index (χ1) is 20.6. The van der Waals surface area contributed by atoms with Gasteiger partial charge < -0.3 is 29.4 Å². The van der Waals surface area contributed by atoms with Gasteiger partial charge in [0.05, 0.1) is 72.6 Å². The maximum Gasteiger partial charge on any atom is 0.336 e. The molecule has 0 spiro atoms. The second kappa shape index (κ2) is 16.2. The molecule has 11 nitrogen and oxygen atoms in total. The Morgan fingerprint density at radius 3 is 2.35 bits per heavy atom. The van der Waals surface area contributed by atoms with Crippen molar-refractivity contribution in [2.45, 2.75) is 19.8 Å². The highest BCUT2D eigenvalue weighted by Crippen LogP contribution is 2.44. The molecule has 1 aliphatic rings. The van der Waals surface area contributed by atoms with Crippen LogP contribution in [0, 0.1) is 5.92 Å². The van der Waals surface area contributed by atoms with Gasteiger partial charge in [-0.25, -0.2) is 9.59 Å². The highest BCUT2D eigenvalue weighted by atomic mass is 35.5. The van der Waals surface area contributed by atoms with Gasteiger partial charge in [-0.1, -0.05) is 47.5 Å². The van der Waals surface area contributed by atoms with Crippen molar-refractivity contribution >= 4 is 52.7 Å². The molecule has 0 saturated heterocycles. The number of carboxylic acids is 1. The van der Waals surface area contributed by atoms with Crippen molar-refractivity contribution in [2.24, 2.45) is 10.9 Å². The number of aromatic carboxylic acids is 1. The maximum absolute atomic E-state index is 13.2. The van der Waals surface area contributed by atoms with Gasteiger partial charge in [-0.2, -0.15) is 0 Å². The van der Waals surface area contributed by atoms with Crippen LogP contribution in [0.5, 0.6) is 0 Å². The second-order valence-electron chi connectivity index (χ2n) is 9.23. The van der Waals surface area contributed by atoms with Gasteiger partial charge in [0.1, 0.15) is 5.92 Å². The molecule has 3 rings (SSSR count). The van der Waals surface area contributed by atoms with Crippen LogP contribution < -0.4 is 5.32 Å². The van der Waals surface area contributed by atoms with E-state index in [1.54, 1.807) is 44.2 Å². The summed E-state index contributed by atoms with van der Waals surface area (Å²) in [5.74, 6) is -4.84. The third-order valence-electron chi connectivity index (χ3n) is 6.53. The Hall–Kier alpha value is -3.77. The summed E-state index contributed by atoms with van der Waals surface area (Å²) in [6.45, 7) is 3.87. The minimum atomic E-state index is -1.19. The fourth-order valence-corrected chi connectivity index (χ4v) is 5.04. The summed E-state index contributed by atoms with van der Waals surface area (Å²) in [6, 6.07) is 10.9. The number of rotatable bonds is 14. The molecule has 0 aromatic heterocycles. The molecule has 43 heavy (non-hydrogen) atoms. The van der Waals surface area contributed by atoms with E-state index in [9.17, 15) is 24.3 Å². The number of benzene rings is 2. The van der Waals surface area contributed by atoms with E-state index in [1.165, 1.54) is 19.2 Å². The minimum Gasteiger partial charge on any atom is -0.478 e. The van der Waals surface area contributed by atoms with Crippen molar-refractivity contribution < 1.29 is 43.2 Å². The van der Waals surface area contributed by atoms with E-state index in [2.05, 4.69) is 10.3 Å². The van der Waals surface area contributed by atoms with E-state index < -0.39 is 35.7 Å². The first-order valence-electron chi connectivity index (χ1n) is 13.3. The van der Waals surface area contributed by atoms with Crippen molar-refractivity contribution in [3.63, 3.8) is 0 Å². The molecular formula is C30H32Cl2N2O9. The van der Waals surface area contributed by atoms with Crippen molar-refractivity contribution in [2.75, 3.05) is 46.7 Å². The number of amides is 1. The lowest BCUT2D eigenvalue weighted by molar-refractivity contribution is -0.144. The first kappa shape index (κ1) is 33.7. The summed E-state index contributed by atoms with van der Waals surface area (Å²) in [6.07, 6.45) is 0. The third kappa shape index (κ3) is 8.41. The smallest absolute Gasteiger partial charge is 0.336 e. The van der Waals surface area contributed by atoms with Crippen LogP contribution >= 0.6 is 23.2 Å². The van der Waals surface area contributed by atoms with Crippen LogP contribution in [0.2, 0.25) is 10.0 Å². The summed E-state index contributed by atoms with van der Waals surface area (Å²) in [4.78, 5) is 54.3. The summed E-state index contributed by atoms with van der Waals surface area (Å²) in [5.41, 5.74) is 1.17. The molecule has 2 unspecified atom stereocenters. The van der Waals surface area contributed by atoms with E-state index in [-0.39, 0.29) is 72.0 Å². The molecule has 2 N–H and O–H groups in total. The average molecular weight is 635 g/mol. The van der Waals surface area contributed by atoms with Gasteiger partial charge in [-0.15, -0.1) is 0 Å². The Morgan fingerprint density at radius 2 is 1.67 bits per heavy atom. The van der Waals surface area contributed by atoms with Crippen molar-refractivity contribution in [1.82, 2.24) is 5.32 Å². The molecule has 13 heteroatoms. The number of nitrogens with one attached hydrogen (secondary N) is 1. The molecular weight excluding hydrogens is 603 g/mol. The number of methoxy groups -OCH3 is 1. The number of carbonyl (C=O) groups excluding carboxylic acids is 3. The van der Waals surface area contributed by atoms with E-state index >= 15 is 0 Å². The molecule has 0 bridgehead atoms. The summed E-state index contributed by atoms with van der Waals surface area (Å²) < 4.78 is 21.6. The van der Waals surface area contributed by atoms with E-state index in [1.807, 2.05) is 0 Å². The molecule has 2 atom stereocenters. The van der Waals surface area contributed by atoms with E-state index in [0.717, 1.165) is 0 Å². The van der Waals surface area contributed by atoms with Gasteiger partial charge in [-0.05, 0) is 37.6 Å². The lowest BCUT2D eigenvalue weighted by Gasteiger charge is -2.32. The number of ether oxygens (including phenoxy) is 4. The Labute approximate surface area is 258 Å². The highest BCUT2D eigenvalue weighted by molar-refractivity contribution is 6.42. The molecule has 1 amide bonds. The predicted octanol–water partition coefficient (Wildman–Crippen LogP) is 4.32. The van der Waals surface area contributed by atoms with Crippen LogP contribution in [0.1, 0.15) is 46.0 Å². The van der Waals surface area contributed by atoms with Gasteiger partial charge in [-0.3, -0.25) is 14.6 Å². The lowest BCUT2D eigenvalue weighted by atomic mass is 9.75. The standard InChI is InChI=1S/C30H32Cl2N2O9/c1-4-43-30(39)25-22(34-17(2)23(29(38)40-3)24(25)20-10-7-11-21(31)26(20)32)16-42-15-14-41-13-12-33-27(35)18-8-5-6-9-19(18)28(36)37/h5-11,23-24H,4,12-16H2,1-3H3,(H,33,35)(H,36,37). The highest BCUT2D eigenvalue weighted by Gasteiger charge is 2.44. The fraction of sp³-hybridized carbons (Fsp3) is 0.367. The zero-order chi connectivity index (χ0) is 31.5. The third-order valence-corrected chi connectivity index (χ3v) is 7.36. The number of hydrogen-bond acceptors (Lipinski definition) is 9. The monoisotopic (exact) mass is 634 g/mol. The summed E-state index contributed by atoms with van der Waals surface area (Å²) in [7, 11) is 1.25. The quantitative estimate of drug-likeness (QED) is 0.229. The largest absolute Gasteiger partial charge is 0.478 e. The summed E-state index contributed by atoms with van der Waals surface area (Å²) >= 11 is 12.8. The molecule has 2 aromatic carbocycles. The van der Waals surface area contributed by atoms with E-state index in [0.29, 0.717) is 11.3 Å². The number of esters is 2. The predicted molar refractivity (Wildman–Crippen MR) is 159 cm³/mol. The molecule has 0 radical (unpaired) electrons. The number of carbonyl (C=O) groups is 4. The van der Waals surface area contributed by atoms with Gasteiger partial charge >= 0.3 is 17.9 Å². The van der Waals surface area contributed by atoms with Crippen LogP contribution in [-0.2, 0) is 28.5 Å². The SMILES string of the molecule is CCOC(=O)C1=C(COCCOCCNC(=O)c2ccccc2C(=O)O)N=C(C)C(C(=O)OC)C1c1cccc(Cl)c1Cl. The molecule has 2 aromatic rings. The first-order valence-corrected chi connectivity index (χ1v) is 14.1. The number of carboxylic acid groups (broad SMARTS) is 1. The molecule has 0 saturated carbocycles. The van der Waals surface area contributed by atoms with Crippen LogP contribution in [-0.4, -0.2) is 81.3 Å². The lowest BCUT2D eigenvalue weighted by Crippen LogP contribution is -2.37. The minimum absolute atomic E-state index is 0.0548. The van der Waals surface area contributed by atoms with Gasteiger partial charge in [0, 0.05) is 18.2 Å². The number of halogens is 2. The summed E-state index contributed by atoms with van der Waals surface area (Å²) in [5, 5.41) is 12.3. The molecule has 1 aliphatic heterocycles. The Bertz CT molecular complexity index is 1420. The number of aliphatic imine (C=N–C) groups is 1. The number of nitrogens with zero attached hydrogens (tertiary/aromatic N) is 1. The molecule has 230 valence electrons. The second-order valence-corrected chi connectivity index (χ2v) is 10.0. The van der Waals surface area contributed by atoms with Gasteiger partial charge in [0.2, 0.25) is 0 Å². The van der Waals surface area contributed by atoms with Crippen molar-refractivity contribution in [1.29, 1.82) is 0 Å². The zero-order valence-electron chi connectivity index (χ0n) is 23.9. The van der Waals surface area contributed by atoms with Gasteiger partial charge in [0.15, 0.2) is 0 Å².